The molecule has 2 aromatic rings. The molecule has 166 valence electrons. The average molecular weight is 453 g/mol. The second kappa shape index (κ2) is 8.49. The van der Waals surface area contributed by atoms with Gasteiger partial charge in [-0.1, -0.05) is 12.1 Å². The minimum atomic E-state index is -3.13. The van der Waals surface area contributed by atoms with Crippen molar-refractivity contribution in [1.82, 2.24) is 9.88 Å². The van der Waals surface area contributed by atoms with E-state index in [-0.39, 0.29) is 48.9 Å². The van der Waals surface area contributed by atoms with E-state index in [1.54, 1.807) is 4.90 Å². The van der Waals surface area contributed by atoms with Gasteiger partial charge in [0.25, 0.3) is 0 Å². The lowest BCUT2D eigenvalue weighted by molar-refractivity contribution is -0.139. The predicted octanol–water partition coefficient (Wildman–Crippen LogP) is 2.71. The number of benzene rings is 1. The second-order valence-electron chi connectivity index (χ2n) is 7.90. The summed E-state index contributed by atoms with van der Waals surface area (Å²) in [6, 6.07) is 5.81. The molecule has 0 bridgehead atoms. The molecule has 2 fully saturated rings. The van der Waals surface area contributed by atoms with Crippen molar-refractivity contribution in [3.05, 3.63) is 59.5 Å². The third-order valence-corrected chi connectivity index (χ3v) is 7.66. The number of amides is 1. The van der Waals surface area contributed by atoms with Crippen LogP contribution in [-0.4, -0.2) is 55.3 Å². The molecule has 31 heavy (non-hydrogen) atoms. The maximum absolute atomic E-state index is 14.7. The number of hydrogen-bond donors (Lipinski definition) is 0. The van der Waals surface area contributed by atoms with Gasteiger partial charge in [0.15, 0.2) is 11.6 Å². The number of piperazine rings is 1. The summed E-state index contributed by atoms with van der Waals surface area (Å²) in [6.07, 6.45) is 1.52. The van der Waals surface area contributed by atoms with Crippen molar-refractivity contribution in [2.75, 3.05) is 36.0 Å². The van der Waals surface area contributed by atoms with Crippen molar-refractivity contribution >= 4 is 21.6 Å². The third kappa shape index (κ3) is 4.53. The molecule has 1 unspecified atom stereocenters. The zero-order valence-corrected chi connectivity index (χ0v) is 17.5. The van der Waals surface area contributed by atoms with Crippen molar-refractivity contribution in [3.8, 4) is 0 Å². The van der Waals surface area contributed by atoms with E-state index >= 15 is 0 Å². The lowest BCUT2D eigenvalue weighted by atomic mass is 9.96. The van der Waals surface area contributed by atoms with Crippen molar-refractivity contribution in [2.24, 2.45) is 5.92 Å². The Morgan fingerprint density at radius 2 is 1.77 bits per heavy atom. The Labute approximate surface area is 178 Å². The molecule has 2 aliphatic rings. The molecule has 0 N–H and O–H groups in total. The standard InChI is InChI=1S/C21H22F3N3O3S/c22-15-4-5-19(25-12-15)26-8-9-27(21(28)14-6-10-31(29,30)11-7-14)18(13-26)16-2-1-3-17(23)20(16)24/h1-5,12,14,18H,6-11,13H2. The predicted molar refractivity (Wildman–Crippen MR) is 109 cm³/mol. The maximum atomic E-state index is 14.7. The molecule has 6 nitrogen and oxygen atoms in total. The number of pyridine rings is 1. The summed E-state index contributed by atoms with van der Waals surface area (Å²) >= 11 is 0. The van der Waals surface area contributed by atoms with Crippen LogP contribution >= 0.6 is 0 Å². The second-order valence-corrected chi connectivity index (χ2v) is 10.2. The van der Waals surface area contributed by atoms with Gasteiger partial charge in [0.1, 0.15) is 21.5 Å². The molecule has 2 aliphatic heterocycles. The molecule has 4 rings (SSSR count). The Balaban J connectivity index is 1.63. The van der Waals surface area contributed by atoms with Crippen LogP contribution in [0.15, 0.2) is 36.5 Å². The van der Waals surface area contributed by atoms with Crippen LogP contribution in [0, 0.1) is 23.4 Å². The molecule has 0 spiro atoms. The highest BCUT2D eigenvalue weighted by atomic mass is 32.2. The largest absolute Gasteiger partial charge is 0.352 e. The summed E-state index contributed by atoms with van der Waals surface area (Å²) in [5.74, 6) is -2.88. The molecule has 2 saturated heterocycles. The van der Waals surface area contributed by atoms with Gasteiger partial charge < -0.3 is 9.80 Å². The molecular formula is C21H22F3N3O3S. The molecule has 1 amide bonds. The van der Waals surface area contributed by atoms with Gasteiger partial charge in [0.2, 0.25) is 5.91 Å². The van der Waals surface area contributed by atoms with Gasteiger partial charge in [0.05, 0.1) is 23.7 Å². The summed E-state index contributed by atoms with van der Waals surface area (Å²) in [6.45, 7) is 0.750. The number of aromatic nitrogens is 1. The van der Waals surface area contributed by atoms with Crippen molar-refractivity contribution in [2.45, 2.75) is 18.9 Å². The van der Waals surface area contributed by atoms with Crippen molar-refractivity contribution in [1.29, 1.82) is 0 Å². The van der Waals surface area contributed by atoms with E-state index in [1.165, 1.54) is 29.2 Å². The number of halogens is 3. The first kappa shape index (κ1) is 21.6. The van der Waals surface area contributed by atoms with Gasteiger partial charge in [0, 0.05) is 31.1 Å². The first-order valence-corrected chi connectivity index (χ1v) is 11.9. The normalized spacial score (nSPS) is 21.8. The lowest BCUT2D eigenvalue weighted by Crippen LogP contribution is -2.53. The van der Waals surface area contributed by atoms with Crippen LogP contribution in [0.25, 0.3) is 0 Å². The van der Waals surface area contributed by atoms with Gasteiger partial charge >= 0.3 is 0 Å². The Kier molecular flexibility index (Phi) is 5.92. The Morgan fingerprint density at radius 3 is 2.45 bits per heavy atom. The molecule has 10 heteroatoms. The average Bonchev–Trinajstić information content (AvgIpc) is 2.75. The van der Waals surface area contributed by atoms with Crippen LogP contribution in [-0.2, 0) is 14.6 Å². The fraction of sp³-hybridized carbons (Fsp3) is 0.429. The molecule has 1 atom stereocenters. The molecule has 0 radical (unpaired) electrons. The summed E-state index contributed by atoms with van der Waals surface area (Å²) in [5.41, 5.74) is 0.0450. The highest BCUT2D eigenvalue weighted by Gasteiger charge is 2.38. The Bertz CT molecular complexity index is 1070. The lowest BCUT2D eigenvalue weighted by Gasteiger charge is -2.43. The molecule has 1 aromatic heterocycles. The zero-order valence-electron chi connectivity index (χ0n) is 16.7. The summed E-state index contributed by atoms with van der Waals surface area (Å²) < 4.78 is 65.3. The topological polar surface area (TPSA) is 70.6 Å². The zero-order chi connectivity index (χ0) is 22.2. The van der Waals surface area contributed by atoms with Crippen molar-refractivity contribution in [3.63, 3.8) is 0 Å². The smallest absolute Gasteiger partial charge is 0.226 e. The van der Waals surface area contributed by atoms with E-state index in [0.29, 0.717) is 12.4 Å². The van der Waals surface area contributed by atoms with E-state index in [1.807, 2.05) is 0 Å². The van der Waals surface area contributed by atoms with E-state index in [9.17, 15) is 26.4 Å². The SMILES string of the molecule is O=C(C1CCS(=O)(=O)CC1)N1CCN(c2ccc(F)cn2)CC1c1cccc(F)c1F. The maximum Gasteiger partial charge on any atom is 0.226 e. The van der Waals surface area contributed by atoms with E-state index in [2.05, 4.69) is 4.98 Å². The number of sulfone groups is 1. The fourth-order valence-electron chi connectivity index (χ4n) is 4.23. The number of nitrogens with zero attached hydrogens (tertiary/aromatic N) is 3. The molecule has 0 saturated carbocycles. The van der Waals surface area contributed by atoms with Crippen molar-refractivity contribution < 1.29 is 26.4 Å². The Morgan fingerprint density at radius 1 is 1.03 bits per heavy atom. The van der Waals surface area contributed by atoms with Crippen LogP contribution < -0.4 is 4.90 Å². The highest BCUT2D eigenvalue weighted by molar-refractivity contribution is 7.91. The number of hydrogen-bond acceptors (Lipinski definition) is 5. The number of carbonyl (C=O) groups excluding carboxylic acids is 1. The van der Waals surface area contributed by atoms with Gasteiger partial charge in [-0.05, 0) is 31.0 Å². The summed E-state index contributed by atoms with van der Waals surface area (Å²) in [5, 5.41) is 0. The highest BCUT2D eigenvalue weighted by Crippen LogP contribution is 2.33. The summed E-state index contributed by atoms with van der Waals surface area (Å²) in [4.78, 5) is 20.6. The monoisotopic (exact) mass is 453 g/mol. The van der Waals surface area contributed by atoms with Gasteiger partial charge in [-0.2, -0.15) is 0 Å². The van der Waals surface area contributed by atoms with Crippen LogP contribution in [0.1, 0.15) is 24.4 Å². The Hall–Kier alpha value is -2.62. The summed E-state index contributed by atoms with van der Waals surface area (Å²) in [7, 11) is -3.13. The first-order valence-electron chi connectivity index (χ1n) is 10.1. The van der Waals surface area contributed by atoms with E-state index in [4.69, 9.17) is 0 Å². The van der Waals surface area contributed by atoms with Crippen LogP contribution in [0.3, 0.4) is 0 Å². The fourth-order valence-corrected chi connectivity index (χ4v) is 5.72. The van der Waals surface area contributed by atoms with Gasteiger partial charge in [-0.15, -0.1) is 0 Å². The molecule has 1 aromatic carbocycles. The number of rotatable bonds is 3. The number of anilines is 1. The van der Waals surface area contributed by atoms with E-state index < -0.39 is 39.2 Å². The van der Waals surface area contributed by atoms with E-state index in [0.717, 1.165) is 12.3 Å². The molecular weight excluding hydrogens is 431 g/mol. The van der Waals surface area contributed by atoms with Crippen LogP contribution in [0.4, 0.5) is 19.0 Å². The quantitative estimate of drug-likeness (QED) is 0.715. The minimum Gasteiger partial charge on any atom is -0.352 e. The molecule has 0 aliphatic carbocycles. The van der Waals surface area contributed by atoms with Gasteiger partial charge in [-0.3, -0.25) is 4.79 Å². The molecule has 3 heterocycles. The first-order chi connectivity index (χ1) is 14.7. The van der Waals surface area contributed by atoms with Crippen LogP contribution in [0.2, 0.25) is 0 Å². The van der Waals surface area contributed by atoms with Gasteiger partial charge in [-0.25, -0.2) is 26.6 Å². The van der Waals surface area contributed by atoms with Crippen LogP contribution in [0.5, 0.6) is 0 Å². The number of carbonyl (C=O) groups is 1. The minimum absolute atomic E-state index is 0.0450. The third-order valence-electron chi connectivity index (χ3n) is 5.94.